The third-order valence-electron chi connectivity index (χ3n) is 12.9. The molecule has 0 saturated heterocycles. The molecule has 0 rings (SSSR count). The van der Waals surface area contributed by atoms with Crippen LogP contribution in [0, 0.1) is 0 Å². The molecular formula is C60H109NO5. The Hall–Kier alpha value is -2.44. The van der Waals surface area contributed by atoms with E-state index in [1.807, 2.05) is 6.08 Å². The van der Waals surface area contributed by atoms with Gasteiger partial charge in [-0.05, 0) is 77.0 Å². The van der Waals surface area contributed by atoms with Gasteiger partial charge in [-0.1, -0.05) is 255 Å². The Kier molecular flexibility index (Phi) is 51.5. The molecule has 0 aromatic carbocycles. The van der Waals surface area contributed by atoms with Gasteiger partial charge in [0, 0.05) is 6.42 Å². The van der Waals surface area contributed by atoms with Crippen LogP contribution in [0.2, 0.25) is 0 Å². The molecule has 0 heterocycles. The molecule has 0 radical (unpaired) electrons. The van der Waals surface area contributed by atoms with Crippen molar-refractivity contribution in [1.29, 1.82) is 0 Å². The van der Waals surface area contributed by atoms with Crippen molar-refractivity contribution in [2.24, 2.45) is 0 Å². The zero-order valence-corrected chi connectivity index (χ0v) is 43.8. The predicted octanol–water partition coefficient (Wildman–Crippen LogP) is 17.6. The van der Waals surface area contributed by atoms with E-state index in [2.05, 4.69) is 80.8 Å². The van der Waals surface area contributed by atoms with E-state index in [1.165, 1.54) is 161 Å². The predicted molar refractivity (Wildman–Crippen MR) is 287 cm³/mol. The highest BCUT2D eigenvalue weighted by Crippen LogP contribution is 2.18. The average Bonchev–Trinajstić information content (AvgIpc) is 3.31. The van der Waals surface area contributed by atoms with Gasteiger partial charge in [0.25, 0.3) is 0 Å². The summed E-state index contributed by atoms with van der Waals surface area (Å²) in [6.07, 6.45) is 67.2. The van der Waals surface area contributed by atoms with E-state index in [4.69, 9.17) is 4.74 Å². The van der Waals surface area contributed by atoms with E-state index < -0.39 is 18.2 Å². The number of aliphatic hydroxyl groups excluding tert-OH is 2. The maximum Gasteiger partial charge on any atom is 0.306 e. The minimum absolute atomic E-state index is 0.0525. The number of nitrogens with one attached hydrogen (secondary N) is 1. The van der Waals surface area contributed by atoms with E-state index in [0.717, 1.165) is 77.0 Å². The van der Waals surface area contributed by atoms with Crippen molar-refractivity contribution in [1.82, 2.24) is 5.32 Å². The molecule has 0 aromatic heterocycles. The zero-order chi connectivity index (χ0) is 48.1. The van der Waals surface area contributed by atoms with Crippen molar-refractivity contribution in [3.63, 3.8) is 0 Å². The fourth-order valence-corrected chi connectivity index (χ4v) is 8.58. The summed E-state index contributed by atoms with van der Waals surface area (Å²) in [5, 5.41) is 23.9. The zero-order valence-electron chi connectivity index (χ0n) is 43.8. The summed E-state index contributed by atoms with van der Waals surface area (Å²) < 4.78 is 5.93. The van der Waals surface area contributed by atoms with Crippen molar-refractivity contribution in [3.8, 4) is 0 Å². The van der Waals surface area contributed by atoms with Gasteiger partial charge in [0.1, 0.15) is 6.10 Å². The van der Waals surface area contributed by atoms with Crippen LogP contribution in [0.25, 0.3) is 0 Å². The Morgan fingerprint density at radius 2 is 0.879 bits per heavy atom. The lowest BCUT2D eigenvalue weighted by Crippen LogP contribution is -2.46. The van der Waals surface area contributed by atoms with Crippen molar-refractivity contribution in [2.75, 3.05) is 6.61 Å². The van der Waals surface area contributed by atoms with Gasteiger partial charge in [0.15, 0.2) is 0 Å². The summed E-state index contributed by atoms with van der Waals surface area (Å²) in [5.41, 5.74) is 0. The van der Waals surface area contributed by atoms with Gasteiger partial charge in [-0.3, -0.25) is 9.59 Å². The molecule has 0 aliphatic carbocycles. The van der Waals surface area contributed by atoms with Crippen LogP contribution in [-0.4, -0.2) is 46.9 Å². The first kappa shape index (κ1) is 63.6. The first-order valence-corrected chi connectivity index (χ1v) is 28.5. The Morgan fingerprint density at radius 1 is 0.470 bits per heavy atom. The highest BCUT2D eigenvalue weighted by atomic mass is 16.5. The summed E-state index contributed by atoms with van der Waals surface area (Å²) in [7, 11) is 0. The van der Waals surface area contributed by atoms with Gasteiger partial charge in [-0.2, -0.15) is 0 Å². The number of allylic oxidation sites excluding steroid dienone is 10. The fraction of sp³-hybridized carbons (Fsp3) is 0.800. The lowest BCUT2D eigenvalue weighted by atomic mass is 10.0. The van der Waals surface area contributed by atoms with Crippen LogP contribution >= 0.6 is 0 Å². The van der Waals surface area contributed by atoms with Crippen molar-refractivity contribution in [2.45, 2.75) is 302 Å². The molecule has 3 N–H and O–H groups in total. The first-order valence-electron chi connectivity index (χ1n) is 28.5. The van der Waals surface area contributed by atoms with Gasteiger partial charge in [-0.15, -0.1) is 0 Å². The van der Waals surface area contributed by atoms with Crippen molar-refractivity contribution in [3.05, 3.63) is 60.8 Å². The third kappa shape index (κ3) is 48.0. The second-order valence-electron chi connectivity index (χ2n) is 19.4. The van der Waals surface area contributed by atoms with Gasteiger partial charge >= 0.3 is 5.97 Å². The van der Waals surface area contributed by atoms with Gasteiger partial charge in [-0.25, -0.2) is 0 Å². The van der Waals surface area contributed by atoms with Crippen molar-refractivity contribution >= 4 is 11.9 Å². The average molecular weight is 925 g/mol. The maximum absolute atomic E-state index is 13.2. The molecular weight excluding hydrogens is 815 g/mol. The number of rotatable bonds is 51. The number of carbonyl (C=O) groups excluding carboxylic acids is 2. The van der Waals surface area contributed by atoms with E-state index in [1.54, 1.807) is 0 Å². The lowest BCUT2D eigenvalue weighted by molar-refractivity contribution is -0.151. The Balaban J connectivity index is 4.46. The first-order chi connectivity index (χ1) is 32.5. The number of hydrogen-bond donors (Lipinski definition) is 3. The van der Waals surface area contributed by atoms with Crippen LogP contribution in [0.4, 0.5) is 0 Å². The third-order valence-corrected chi connectivity index (χ3v) is 12.9. The fourth-order valence-electron chi connectivity index (χ4n) is 8.58. The molecule has 6 heteroatoms. The Labute approximate surface area is 409 Å². The highest BCUT2D eigenvalue weighted by molar-refractivity contribution is 5.77. The van der Waals surface area contributed by atoms with E-state index in [9.17, 15) is 19.8 Å². The smallest absolute Gasteiger partial charge is 0.306 e. The molecule has 0 bridgehead atoms. The monoisotopic (exact) mass is 924 g/mol. The normalized spacial score (nSPS) is 13.6. The van der Waals surface area contributed by atoms with E-state index in [0.29, 0.717) is 19.3 Å². The largest absolute Gasteiger partial charge is 0.462 e. The highest BCUT2D eigenvalue weighted by Gasteiger charge is 2.24. The molecule has 0 aromatic rings. The number of aliphatic hydroxyl groups is 2. The molecule has 1 amide bonds. The molecule has 0 saturated carbocycles. The minimum atomic E-state index is -0.799. The molecule has 0 spiro atoms. The summed E-state index contributed by atoms with van der Waals surface area (Å²) in [6, 6.07) is -0.715. The van der Waals surface area contributed by atoms with Crippen LogP contribution in [0.1, 0.15) is 284 Å². The summed E-state index contributed by atoms with van der Waals surface area (Å²) in [5.74, 6) is -0.508. The topological polar surface area (TPSA) is 95.9 Å². The van der Waals surface area contributed by atoms with Gasteiger partial charge in [0.05, 0.1) is 25.2 Å². The van der Waals surface area contributed by atoms with E-state index >= 15 is 0 Å². The SMILES string of the molecule is CC/C=C/C=C/C=C\CCCCCC(CC(=O)NC(CO)C(O)CCCCCCCCCCCCCCCCCCC)OC(=O)CCCCCCCCCCC/C=C\C/C=C\CCCCC. The number of esters is 1. The number of amides is 1. The van der Waals surface area contributed by atoms with Crippen molar-refractivity contribution < 1.29 is 24.5 Å². The van der Waals surface area contributed by atoms with Crippen LogP contribution in [0.5, 0.6) is 0 Å². The van der Waals surface area contributed by atoms with Gasteiger partial charge in [0.2, 0.25) is 5.91 Å². The Bertz CT molecular complexity index is 1170. The molecule has 0 aliphatic rings. The standard InChI is InChI=1S/C60H109NO5/c1-4-7-10-13-16-19-22-24-26-28-29-31-33-35-38-41-44-47-50-53-60(65)66-56(51-48-45-42-39-36-21-18-15-12-9-6-3)54-59(64)61-57(55-62)58(63)52-49-46-43-40-37-34-32-30-27-25-23-20-17-14-11-8-5-2/h9,12,15-16,18-19,21,24,26,36,56-58,62-63H,4-8,10-11,13-14,17,20,22-23,25,27-35,37-55H2,1-3H3,(H,61,64)/b12-9+,18-15+,19-16-,26-24-,36-21-. The number of hydrogen-bond acceptors (Lipinski definition) is 5. The number of ether oxygens (including phenoxy) is 1. The van der Waals surface area contributed by atoms with Gasteiger partial charge < -0.3 is 20.3 Å². The number of unbranched alkanes of at least 4 members (excludes halogenated alkanes) is 31. The van der Waals surface area contributed by atoms with E-state index in [-0.39, 0.29) is 24.9 Å². The Morgan fingerprint density at radius 3 is 1.39 bits per heavy atom. The number of carbonyl (C=O) groups is 2. The van der Waals surface area contributed by atoms with Crippen LogP contribution in [-0.2, 0) is 14.3 Å². The van der Waals surface area contributed by atoms with Crippen LogP contribution in [0.15, 0.2) is 60.8 Å². The second-order valence-corrected chi connectivity index (χ2v) is 19.4. The molecule has 66 heavy (non-hydrogen) atoms. The lowest BCUT2D eigenvalue weighted by Gasteiger charge is -2.24. The summed E-state index contributed by atoms with van der Waals surface area (Å²) >= 11 is 0. The summed E-state index contributed by atoms with van der Waals surface area (Å²) in [6.45, 7) is 6.34. The quantitative estimate of drug-likeness (QED) is 0.0244. The second kappa shape index (κ2) is 53.5. The minimum Gasteiger partial charge on any atom is -0.462 e. The molecule has 6 nitrogen and oxygen atoms in total. The van der Waals surface area contributed by atoms with Crippen LogP contribution < -0.4 is 5.32 Å². The molecule has 0 aliphatic heterocycles. The molecule has 3 atom stereocenters. The maximum atomic E-state index is 13.2. The van der Waals surface area contributed by atoms with Crippen LogP contribution in [0.3, 0.4) is 0 Å². The molecule has 384 valence electrons. The summed E-state index contributed by atoms with van der Waals surface area (Å²) in [4.78, 5) is 26.2. The molecule has 0 fully saturated rings. The molecule has 3 unspecified atom stereocenters.